The average molecular weight is 396 g/mol. The number of aromatic nitrogens is 1. The summed E-state index contributed by atoms with van der Waals surface area (Å²) in [6.45, 7) is 0.569. The minimum absolute atomic E-state index is 0.0314. The molecule has 6 nitrogen and oxygen atoms in total. The molecule has 1 aliphatic carbocycles. The third-order valence-electron chi connectivity index (χ3n) is 5.08. The fourth-order valence-corrected chi connectivity index (χ4v) is 3.66. The largest absolute Gasteiger partial charge is 0.449 e. The number of fused-ring (bicyclic) bond motifs is 3. The number of hydrogen-bond acceptors (Lipinski definition) is 5. The molecule has 0 saturated heterocycles. The molecule has 148 valence electrons. The van der Waals surface area contributed by atoms with Crippen molar-refractivity contribution in [3.8, 4) is 17.2 Å². The van der Waals surface area contributed by atoms with E-state index in [2.05, 4.69) is 34.6 Å². The van der Waals surface area contributed by atoms with E-state index in [1.165, 1.54) is 22.3 Å². The topological polar surface area (TPSA) is 101 Å². The summed E-state index contributed by atoms with van der Waals surface area (Å²) in [5, 5.41) is 11.7. The lowest BCUT2D eigenvalue weighted by molar-refractivity contribution is 0.144. The number of anilines is 1. The van der Waals surface area contributed by atoms with Crippen LogP contribution in [0.5, 0.6) is 0 Å². The van der Waals surface area contributed by atoms with Crippen molar-refractivity contribution in [2.75, 3.05) is 18.9 Å². The number of rotatable bonds is 5. The summed E-state index contributed by atoms with van der Waals surface area (Å²) < 4.78 is 5.49. The summed E-state index contributed by atoms with van der Waals surface area (Å²) >= 11 is 0. The second-order valence-electron chi connectivity index (χ2n) is 6.92. The minimum Gasteiger partial charge on any atom is -0.449 e. The van der Waals surface area contributed by atoms with Crippen molar-refractivity contribution in [2.24, 2.45) is 0 Å². The zero-order valence-electron chi connectivity index (χ0n) is 16.2. The van der Waals surface area contributed by atoms with Gasteiger partial charge in [-0.05, 0) is 33.9 Å². The number of nitriles is 1. The van der Waals surface area contributed by atoms with E-state index < -0.39 is 6.09 Å². The Bertz CT molecular complexity index is 1120. The number of amides is 1. The van der Waals surface area contributed by atoms with Crippen LogP contribution in [0.25, 0.3) is 17.2 Å². The Balaban J connectivity index is 1.33. The van der Waals surface area contributed by atoms with Gasteiger partial charge < -0.3 is 15.8 Å². The lowest BCUT2D eigenvalue weighted by atomic mass is 9.98. The van der Waals surface area contributed by atoms with Gasteiger partial charge in [0.05, 0.1) is 5.56 Å². The van der Waals surface area contributed by atoms with Crippen LogP contribution in [0.2, 0.25) is 0 Å². The maximum absolute atomic E-state index is 12.1. The molecule has 0 aliphatic heterocycles. The number of pyridine rings is 1. The van der Waals surface area contributed by atoms with E-state index >= 15 is 0 Å². The van der Waals surface area contributed by atoms with Crippen LogP contribution in [0.4, 0.5) is 10.6 Å². The average Bonchev–Trinajstić information content (AvgIpc) is 3.10. The summed E-state index contributed by atoms with van der Waals surface area (Å²) in [6.07, 6.45) is 4.61. The highest BCUT2D eigenvalue weighted by molar-refractivity contribution is 5.79. The van der Waals surface area contributed by atoms with Crippen LogP contribution in [-0.2, 0) is 4.74 Å². The highest BCUT2D eigenvalue weighted by atomic mass is 16.5. The number of nitrogens with zero attached hydrogens (tertiary/aromatic N) is 2. The van der Waals surface area contributed by atoms with Gasteiger partial charge in [0.15, 0.2) is 0 Å². The molecule has 1 amide bonds. The molecule has 0 unspecified atom stereocenters. The van der Waals surface area contributed by atoms with Gasteiger partial charge in [0.1, 0.15) is 18.5 Å². The van der Waals surface area contributed by atoms with Crippen LogP contribution in [0.1, 0.15) is 28.2 Å². The number of benzene rings is 2. The molecule has 4 rings (SSSR count). The van der Waals surface area contributed by atoms with Crippen molar-refractivity contribution in [3.05, 3.63) is 89.1 Å². The fourth-order valence-electron chi connectivity index (χ4n) is 3.66. The lowest BCUT2D eigenvalue weighted by Crippen LogP contribution is -2.26. The maximum atomic E-state index is 12.1. The normalized spacial score (nSPS) is 12.2. The Morgan fingerprint density at radius 2 is 1.83 bits per heavy atom. The van der Waals surface area contributed by atoms with Gasteiger partial charge in [0, 0.05) is 18.7 Å². The molecule has 0 bridgehead atoms. The summed E-state index contributed by atoms with van der Waals surface area (Å²) in [4.78, 5) is 16.1. The molecule has 2 aromatic carbocycles. The Morgan fingerprint density at radius 3 is 2.50 bits per heavy atom. The number of nitrogens with two attached hydrogens (primary N) is 1. The summed E-state index contributed by atoms with van der Waals surface area (Å²) in [5.41, 5.74) is 11.4. The van der Waals surface area contributed by atoms with E-state index in [1.54, 1.807) is 24.4 Å². The van der Waals surface area contributed by atoms with Crippen LogP contribution in [0.3, 0.4) is 0 Å². The predicted molar refractivity (Wildman–Crippen MR) is 115 cm³/mol. The zero-order valence-corrected chi connectivity index (χ0v) is 16.2. The summed E-state index contributed by atoms with van der Waals surface area (Å²) in [5.74, 6) is 0.232. The number of nitrogens with one attached hydrogen (secondary N) is 1. The molecule has 0 radical (unpaired) electrons. The monoisotopic (exact) mass is 396 g/mol. The van der Waals surface area contributed by atoms with Gasteiger partial charge in [0.25, 0.3) is 0 Å². The maximum Gasteiger partial charge on any atom is 0.407 e. The van der Waals surface area contributed by atoms with Gasteiger partial charge in [-0.25, -0.2) is 9.78 Å². The van der Waals surface area contributed by atoms with E-state index in [9.17, 15) is 4.79 Å². The molecule has 30 heavy (non-hydrogen) atoms. The number of ether oxygens (including phenoxy) is 1. The number of alkyl carbamates (subject to hydrolysis) is 1. The Hall–Kier alpha value is -4.11. The van der Waals surface area contributed by atoms with Crippen molar-refractivity contribution in [1.82, 2.24) is 10.3 Å². The van der Waals surface area contributed by atoms with E-state index in [-0.39, 0.29) is 18.3 Å². The van der Waals surface area contributed by atoms with E-state index in [1.807, 2.05) is 30.3 Å². The number of hydrogen-bond donors (Lipinski definition) is 2. The molecule has 0 saturated carbocycles. The highest BCUT2D eigenvalue weighted by Crippen LogP contribution is 2.44. The van der Waals surface area contributed by atoms with Crippen molar-refractivity contribution in [2.45, 2.75) is 5.92 Å². The minimum atomic E-state index is -0.477. The van der Waals surface area contributed by atoms with Crippen molar-refractivity contribution >= 4 is 18.0 Å². The van der Waals surface area contributed by atoms with E-state index in [4.69, 9.17) is 15.7 Å². The smallest absolute Gasteiger partial charge is 0.407 e. The Morgan fingerprint density at radius 1 is 1.17 bits per heavy atom. The van der Waals surface area contributed by atoms with Crippen molar-refractivity contribution < 1.29 is 9.53 Å². The van der Waals surface area contributed by atoms with Gasteiger partial charge in [-0.3, -0.25) is 0 Å². The van der Waals surface area contributed by atoms with Gasteiger partial charge in [-0.2, -0.15) is 5.26 Å². The molecule has 1 aromatic heterocycles. The molecule has 3 aromatic rings. The van der Waals surface area contributed by atoms with Crippen LogP contribution in [0, 0.1) is 11.3 Å². The van der Waals surface area contributed by atoms with Crippen LogP contribution in [0.15, 0.2) is 66.9 Å². The Kier molecular flexibility index (Phi) is 5.44. The molecule has 0 atom stereocenters. The molecule has 0 fully saturated rings. The first-order valence-corrected chi connectivity index (χ1v) is 9.58. The van der Waals surface area contributed by atoms with Gasteiger partial charge in [-0.15, -0.1) is 0 Å². The predicted octanol–water partition coefficient (Wildman–Crippen LogP) is 4.09. The third kappa shape index (κ3) is 3.87. The first-order valence-electron chi connectivity index (χ1n) is 9.58. The molecule has 0 spiro atoms. The second kappa shape index (κ2) is 8.50. The van der Waals surface area contributed by atoms with Gasteiger partial charge in [0.2, 0.25) is 0 Å². The molecule has 6 heteroatoms. The molecular weight excluding hydrogens is 376 g/mol. The van der Waals surface area contributed by atoms with E-state index in [0.717, 1.165) is 5.56 Å². The SMILES string of the molecule is N#Cc1cc(C=CCNC(=O)OCC2c3ccccc3-c3ccccc32)cnc1N. The van der Waals surface area contributed by atoms with Gasteiger partial charge >= 0.3 is 6.09 Å². The highest BCUT2D eigenvalue weighted by Gasteiger charge is 2.28. The molecular formula is C24H20N4O2. The first kappa shape index (κ1) is 19.2. The number of carbonyl (C=O) groups excluding carboxylic acids is 1. The summed E-state index contributed by atoms with van der Waals surface area (Å²) in [7, 11) is 0. The van der Waals surface area contributed by atoms with Gasteiger partial charge in [-0.1, -0.05) is 60.7 Å². The number of nitrogen functional groups attached to an aromatic ring is 1. The van der Waals surface area contributed by atoms with Crippen LogP contribution < -0.4 is 11.1 Å². The lowest BCUT2D eigenvalue weighted by Gasteiger charge is -2.14. The Labute approximate surface area is 174 Å². The standard InChI is InChI=1S/C24H20N4O2/c25-13-17-12-16(14-28-23(17)26)6-5-11-27-24(29)30-15-22-20-9-3-1-7-18(20)19-8-2-4-10-21(19)22/h1-10,12,14,22H,11,15H2,(H2,26,28)(H,27,29). The molecule has 1 aliphatic rings. The molecule has 3 N–H and O–H groups in total. The number of carbonyl (C=O) groups is 1. The van der Waals surface area contributed by atoms with Crippen LogP contribution in [-0.4, -0.2) is 24.2 Å². The third-order valence-corrected chi connectivity index (χ3v) is 5.08. The quantitative estimate of drug-likeness (QED) is 0.676. The zero-order chi connectivity index (χ0) is 20.9. The summed E-state index contributed by atoms with van der Waals surface area (Å²) in [6, 6.07) is 20.1. The first-order chi connectivity index (χ1) is 14.7. The fraction of sp³-hybridized carbons (Fsp3) is 0.125. The van der Waals surface area contributed by atoms with Crippen molar-refractivity contribution in [1.29, 1.82) is 5.26 Å². The van der Waals surface area contributed by atoms with E-state index in [0.29, 0.717) is 12.1 Å². The molecule has 1 heterocycles. The van der Waals surface area contributed by atoms with Crippen LogP contribution >= 0.6 is 0 Å². The van der Waals surface area contributed by atoms with Crippen molar-refractivity contribution in [3.63, 3.8) is 0 Å². The second-order valence-corrected chi connectivity index (χ2v) is 6.92.